The second-order valence-electron chi connectivity index (χ2n) is 5.52. The SMILES string of the molecule is CCNc1nc(CSC2CCCC2)nc2sc(CC)cc12. The highest BCUT2D eigenvalue weighted by Gasteiger charge is 2.17. The molecule has 0 radical (unpaired) electrons. The van der Waals surface area contributed by atoms with E-state index in [0.717, 1.165) is 40.4 Å². The molecule has 21 heavy (non-hydrogen) atoms. The van der Waals surface area contributed by atoms with Crippen molar-refractivity contribution in [3.63, 3.8) is 0 Å². The molecule has 1 fully saturated rings. The van der Waals surface area contributed by atoms with Gasteiger partial charge in [0.1, 0.15) is 16.5 Å². The number of rotatable bonds is 6. The van der Waals surface area contributed by atoms with Crippen LogP contribution in [0.2, 0.25) is 0 Å². The number of fused-ring (bicyclic) bond motifs is 1. The summed E-state index contributed by atoms with van der Waals surface area (Å²) in [7, 11) is 0. The number of aryl methyl sites for hydroxylation is 1. The van der Waals surface area contributed by atoms with Crippen molar-refractivity contribution < 1.29 is 0 Å². The molecule has 114 valence electrons. The fourth-order valence-electron chi connectivity index (χ4n) is 2.80. The highest BCUT2D eigenvalue weighted by molar-refractivity contribution is 7.99. The lowest BCUT2D eigenvalue weighted by Crippen LogP contribution is -2.04. The summed E-state index contributed by atoms with van der Waals surface area (Å²) in [4.78, 5) is 12.1. The van der Waals surface area contributed by atoms with E-state index in [1.165, 1.54) is 35.9 Å². The predicted molar refractivity (Wildman–Crippen MR) is 94.5 cm³/mol. The number of anilines is 1. The molecule has 3 nitrogen and oxygen atoms in total. The van der Waals surface area contributed by atoms with Crippen LogP contribution in [0.4, 0.5) is 5.82 Å². The summed E-state index contributed by atoms with van der Waals surface area (Å²) in [6, 6.07) is 2.24. The number of thiophene rings is 1. The molecule has 0 atom stereocenters. The van der Waals surface area contributed by atoms with Gasteiger partial charge in [-0.25, -0.2) is 9.97 Å². The van der Waals surface area contributed by atoms with E-state index in [1.54, 1.807) is 0 Å². The van der Waals surface area contributed by atoms with E-state index < -0.39 is 0 Å². The summed E-state index contributed by atoms with van der Waals surface area (Å²) in [5.41, 5.74) is 0. The molecule has 0 bridgehead atoms. The molecule has 0 saturated heterocycles. The van der Waals surface area contributed by atoms with Gasteiger partial charge in [-0.1, -0.05) is 19.8 Å². The summed E-state index contributed by atoms with van der Waals surface area (Å²) in [6.07, 6.45) is 6.59. The number of aromatic nitrogens is 2. The third-order valence-corrected chi connectivity index (χ3v) is 6.47. The highest BCUT2D eigenvalue weighted by atomic mass is 32.2. The fourth-order valence-corrected chi connectivity index (χ4v) is 4.97. The zero-order valence-corrected chi connectivity index (χ0v) is 14.4. The van der Waals surface area contributed by atoms with Gasteiger partial charge in [0, 0.05) is 16.7 Å². The van der Waals surface area contributed by atoms with E-state index in [4.69, 9.17) is 9.97 Å². The molecule has 1 aliphatic carbocycles. The third-order valence-electron chi connectivity index (χ3n) is 3.93. The highest BCUT2D eigenvalue weighted by Crippen LogP contribution is 2.33. The summed E-state index contributed by atoms with van der Waals surface area (Å²) >= 11 is 3.85. The van der Waals surface area contributed by atoms with Gasteiger partial charge in [0.05, 0.1) is 11.1 Å². The maximum absolute atomic E-state index is 4.79. The maximum atomic E-state index is 4.79. The molecule has 1 N–H and O–H groups in total. The molecule has 0 spiro atoms. The van der Waals surface area contributed by atoms with Crippen molar-refractivity contribution in [2.24, 2.45) is 0 Å². The molecule has 3 rings (SSSR count). The third kappa shape index (κ3) is 3.51. The quantitative estimate of drug-likeness (QED) is 0.824. The van der Waals surface area contributed by atoms with Crippen LogP contribution in [0.25, 0.3) is 10.2 Å². The summed E-state index contributed by atoms with van der Waals surface area (Å²) in [6.45, 7) is 5.22. The molecule has 5 heteroatoms. The average molecular weight is 322 g/mol. The Hall–Kier alpha value is -0.810. The monoisotopic (exact) mass is 321 g/mol. The minimum absolute atomic E-state index is 0.821. The summed E-state index contributed by atoms with van der Waals surface area (Å²) in [5.74, 6) is 2.94. The Balaban J connectivity index is 1.83. The number of hydrogen-bond acceptors (Lipinski definition) is 5. The molecular weight excluding hydrogens is 298 g/mol. The Morgan fingerprint density at radius 2 is 2.10 bits per heavy atom. The van der Waals surface area contributed by atoms with Gasteiger partial charge in [0.2, 0.25) is 0 Å². The molecular formula is C16H23N3S2. The van der Waals surface area contributed by atoms with Gasteiger partial charge in [-0.2, -0.15) is 11.8 Å². The van der Waals surface area contributed by atoms with Gasteiger partial charge in [-0.05, 0) is 32.3 Å². The first-order chi connectivity index (χ1) is 10.3. The van der Waals surface area contributed by atoms with Crippen molar-refractivity contribution >= 4 is 39.1 Å². The van der Waals surface area contributed by atoms with E-state index in [9.17, 15) is 0 Å². The van der Waals surface area contributed by atoms with Crippen LogP contribution < -0.4 is 5.32 Å². The molecule has 2 aromatic heterocycles. The van der Waals surface area contributed by atoms with E-state index in [0.29, 0.717) is 0 Å². The van der Waals surface area contributed by atoms with Gasteiger partial charge in [0.25, 0.3) is 0 Å². The topological polar surface area (TPSA) is 37.8 Å². The number of nitrogens with zero attached hydrogens (tertiary/aromatic N) is 2. The number of thioether (sulfide) groups is 1. The van der Waals surface area contributed by atoms with Gasteiger partial charge in [-0.15, -0.1) is 11.3 Å². The van der Waals surface area contributed by atoms with E-state index in [-0.39, 0.29) is 0 Å². The average Bonchev–Trinajstić information content (AvgIpc) is 3.14. The van der Waals surface area contributed by atoms with E-state index >= 15 is 0 Å². The Labute approximate surface area is 135 Å². The molecule has 0 aromatic carbocycles. The molecule has 0 aliphatic heterocycles. The zero-order chi connectivity index (χ0) is 14.7. The predicted octanol–water partition coefficient (Wildman–Crippen LogP) is 4.86. The van der Waals surface area contributed by atoms with Gasteiger partial charge in [0.15, 0.2) is 0 Å². The Kier molecular flexibility index (Phi) is 5.01. The lowest BCUT2D eigenvalue weighted by Gasteiger charge is -2.09. The van der Waals surface area contributed by atoms with Crippen LogP contribution in [0.1, 0.15) is 50.2 Å². The normalized spacial score (nSPS) is 15.9. The smallest absolute Gasteiger partial charge is 0.142 e. The van der Waals surface area contributed by atoms with Crippen LogP contribution in [0, 0.1) is 0 Å². The van der Waals surface area contributed by atoms with Gasteiger partial charge >= 0.3 is 0 Å². The van der Waals surface area contributed by atoms with Crippen molar-refractivity contribution in [3.05, 3.63) is 16.8 Å². The van der Waals surface area contributed by atoms with Crippen LogP contribution >= 0.6 is 23.1 Å². The summed E-state index contributed by atoms with van der Waals surface area (Å²) in [5, 5.41) is 5.41. The Morgan fingerprint density at radius 1 is 1.29 bits per heavy atom. The molecule has 1 saturated carbocycles. The van der Waals surface area contributed by atoms with Gasteiger partial charge in [-0.3, -0.25) is 0 Å². The molecule has 2 aromatic rings. The zero-order valence-electron chi connectivity index (χ0n) is 12.8. The Bertz CT molecular complexity index is 603. The van der Waals surface area contributed by atoms with Crippen molar-refractivity contribution in [3.8, 4) is 0 Å². The molecule has 0 amide bonds. The van der Waals surface area contributed by atoms with Crippen molar-refractivity contribution in [1.29, 1.82) is 0 Å². The van der Waals surface area contributed by atoms with Crippen molar-refractivity contribution in [1.82, 2.24) is 9.97 Å². The first-order valence-electron chi connectivity index (χ1n) is 7.95. The largest absolute Gasteiger partial charge is 0.370 e. The van der Waals surface area contributed by atoms with E-state index in [2.05, 4.69) is 25.2 Å². The standard InChI is InChI=1S/C16H23N3S2/c1-3-11-9-13-15(17-4-2)18-14(19-16(13)21-11)10-20-12-7-5-6-8-12/h9,12H,3-8,10H2,1-2H3,(H,17,18,19). The first-order valence-corrected chi connectivity index (χ1v) is 9.81. The first kappa shape index (κ1) is 15.1. The van der Waals surface area contributed by atoms with Crippen LogP contribution in [0.3, 0.4) is 0 Å². The fraction of sp³-hybridized carbons (Fsp3) is 0.625. The van der Waals surface area contributed by atoms with E-state index in [1.807, 2.05) is 23.1 Å². The lowest BCUT2D eigenvalue weighted by molar-refractivity contribution is 0.886. The maximum Gasteiger partial charge on any atom is 0.142 e. The molecule has 2 heterocycles. The number of nitrogens with one attached hydrogen (secondary N) is 1. The minimum Gasteiger partial charge on any atom is -0.370 e. The second kappa shape index (κ2) is 6.97. The summed E-state index contributed by atoms with van der Waals surface area (Å²) < 4.78 is 0. The van der Waals surface area contributed by atoms with Crippen molar-refractivity contribution in [2.75, 3.05) is 11.9 Å². The minimum atomic E-state index is 0.821. The van der Waals surface area contributed by atoms with Crippen LogP contribution in [-0.4, -0.2) is 21.8 Å². The molecule has 0 unspecified atom stereocenters. The lowest BCUT2D eigenvalue weighted by atomic mass is 10.3. The van der Waals surface area contributed by atoms with Crippen molar-refractivity contribution in [2.45, 2.75) is 57.0 Å². The van der Waals surface area contributed by atoms with Crippen LogP contribution in [-0.2, 0) is 12.2 Å². The second-order valence-corrected chi connectivity index (χ2v) is 7.93. The van der Waals surface area contributed by atoms with Crippen LogP contribution in [0.5, 0.6) is 0 Å². The number of hydrogen-bond donors (Lipinski definition) is 1. The van der Waals surface area contributed by atoms with Gasteiger partial charge < -0.3 is 5.32 Å². The Morgan fingerprint density at radius 3 is 2.81 bits per heavy atom. The molecule has 1 aliphatic rings. The van der Waals surface area contributed by atoms with Crippen LogP contribution in [0.15, 0.2) is 6.07 Å².